The minimum atomic E-state index is -0.564. The zero-order chi connectivity index (χ0) is 22.1. The van der Waals surface area contributed by atoms with Crippen molar-refractivity contribution < 1.29 is 9.18 Å². The first-order valence-electron chi connectivity index (χ1n) is 9.77. The van der Waals surface area contributed by atoms with E-state index in [2.05, 4.69) is 20.5 Å². The molecule has 158 valence electrons. The van der Waals surface area contributed by atoms with Crippen LogP contribution in [0.25, 0.3) is 11.3 Å². The molecule has 0 fully saturated rings. The summed E-state index contributed by atoms with van der Waals surface area (Å²) in [5.74, 6) is -0.968. The summed E-state index contributed by atoms with van der Waals surface area (Å²) in [6, 6.07) is 6.05. The zero-order valence-electron chi connectivity index (χ0n) is 17.7. The number of rotatable bonds is 5. The highest BCUT2D eigenvalue weighted by Crippen LogP contribution is 2.29. The van der Waals surface area contributed by atoms with E-state index < -0.39 is 11.7 Å². The van der Waals surface area contributed by atoms with Crippen LogP contribution in [0.15, 0.2) is 35.3 Å². The molecule has 2 aromatic heterocycles. The number of nitrogens with zero attached hydrogens (tertiary/aromatic N) is 2. The number of H-pyrrole nitrogens is 1. The lowest BCUT2D eigenvalue weighted by Crippen LogP contribution is -2.16. The molecule has 2 N–H and O–H groups in total. The van der Waals surface area contributed by atoms with Crippen LogP contribution in [0.2, 0.25) is 0 Å². The average Bonchev–Trinajstić information content (AvgIpc) is 3.20. The van der Waals surface area contributed by atoms with Gasteiger partial charge in [0.05, 0.1) is 11.4 Å². The predicted octanol–water partition coefficient (Wildman–Crippen LogP) is 5.10. The molecule has 0 aliphatic heterocycles. The molecule has 3 aromatic rings. The largest absolute Gasteiger partial charge is 0.317 e. The Bertz CT molecular complexity index is 1130. The van der Waals surface area contributed by atoms with Crippen LogP contribution in [0.5, 0.6) is 0 Å². The molecular weight excluding hydrogens is 403 g/mol. The average molecular weight is 429 g/mol. The molecule has 1 unspecified atom stereocenters. The molecule has 1 aromatic carbocycles. The Hall–Kier alpha value is -2.87. The molecule has 0 radical (unpaired) electrons. The van der Waals surface area contributed by atoms with Crippen molar-refractivity contribution in [2.75, 3.05) is 5.32 Å². The Balaban J connectivity index is 1.90. The number of hydrogen-bond donors (Lipinski definition) is 2. The second-order valence-electron chi connectivity index (χ2n) is 8.28. The molecule has 30 heavy (non-hydrogen) atoms. The van der Waals surface area contributed by atoms with Crippen LogP contribution >= 0.6 is 11.3 Å². The maximum absolute atomic E-state index is 14.4. The number of hydrogen-bond acceptors (Lipinski definition) is 5. The summed E-state index contributed by atoms with van der Waals surface area (Å²) in [5.41, 5.74) is 1.39. The standard InChI is InChI=1S/C22H25FN4O2S/c1-6-12(2)14-10-16(26-27-19(14)28)13-7-8-15(23)17(9-13)25-20(29)21-24-11-18(30-21)22(3,4)5/h7-12H,6H2,1-5H3,(H,25,29)(H,27,28). The number of amides is 1. The highest BCUT2D eigenvalue weighted by molar-refractivity contribution is 7.13. The first-order chi connectivity index (χ1) is 14.1. The molecule has 8 heteroatoms. The van der Waals surface area contributed by atoms with Gasteiger partial charge in [-0.25, -0.2) is 14.5 Å². The van der Waals surface area contributed by atoms with Gasteiger partial charge in [-0.05, 0) is 42.0 Å². The van der Waals surface area contributed by atoms with Crippen molar-refractivity contribution in [3.8, 4) is 11.3 Å². The van der Waals surface area contributed by atoms with Gasteiger partial charge in [0.25, 0.3) is 11.5 Å². The number of aromatic nitrogens is 3. The summed E-state index contributed by atoms with van der Waals surface area (Å²) in [7, 11) is 0. The second-order valence-corrected chi connectivity index (χ2v) is 9.31. The van der Waals surface area contributed by atoms with Gasteiger partial charge in [-0.1, -0.05) is 34.6 Å². The topological polar surface area (TPSA) is 87.7 Å². The monoisotopic (exact) mass is 428 g/mol. The van der Waals surface area contributed by atoms with Crippen LogP contribution in [-0.2, 0) is 5.41 Å². The number of aromatic amines is 1. The third-order valence-electron chi connectivity index (χ3n) is 4.93. The highest BCUT2D eigenvalue weighted by Gasteiger charge is 2.21. The first-order valence-corrected chi connectivity index (χ1v) is 10.6. The molecule has 0 spiro atoms. The van der Waals surface area contributed by atoms with Crippen LogP contribution < -0.4 is 10.9 Å². The van der Waals surface area contributed by atoms with Crippen LogP contribution in [0, 0.1) is 5.82 Å². The molecule has 6 nitrogen and oxygen atoms in total. The van der Waals surface area contributed by atoms with E-state index in [9.17, 15) is 14.0 Å². The summed E-state index contributed by atoms with van der Waals surface area (Å²) in [4.78, 5) is 29.8. The number of thiazole rings is 1. The lowest BCUT2D eigenvalue weighted by atomic mass is 9.96. The fourth-order valence-corrected chi connectivity index (χ4v) is 3.71. The van der Waals surface area contributed by atoms with Crippen molar-refractivity contribution in [1.29, 1.82) is 0 Å². The summed E-state index contributed by atoms with van der Waals surface area (Å²) >= 11 is 1.29. The van der Waals surface area contributed by atoms with E-state index in [1.54, 1.807) is 18.3 Å². The first kappa shape index (κ1) is 21.8. The highest BCUT2D eigenvalue weighted by atomic mass is 32.1. The van der Waals surface area contributed by atoms with Crippen LogP contribution in [0.4, 0.5) is 10.1 Å². The zero-order valence-corrected chi connectivity index (χ0v) is 18.5. The molecule has 1 amide bonds. The summed E-state index contributed by atoms with van der Waals surface area (Å²) in [5, 5.41) is 9.45. The van der Waals surface area contributed by atoms with E-state index >= 15 is 0 Å². The number of anilines is 1. The van der Waals surface area contributed by atoms with Crippen LogP contribution in [-0.4, -0.2) is 21.1 Å². The third-order valence-corrected chi connectivity index (χ3v) is 6.35. The van der Waals surface area contributed by atoms with Crippen molar-refractivity contribution in [3.05, 3.63) is 62.1 Å². The number of carbonyl (C=O) groups is 1. The van der Waals surface area contributed by atoms with E-state index in [1.807, 2.05) is 34.6 Å². The lowest BCUT2D eigenvalue weighted by molar-refractivity contribution is 0.102. The third kappa shape index (κ3) is 4.64. The smallest absolute Gasteiger partial charge is 0.284 e. The fourth-order valence-electron chi connectivity index (χ4n) is 2.84. The summed E-state index contributed by atoms with van der Waals surface area (Å²) in [6.07, 6.45) is 2.48. The molecule has 0 bridgehead atoms. The minimum Gasteiger partial charge on any atom is -0.317 e. The Morgan fingerprint density at radius 2 is 2.03 bits per heavy atom. The maximum Gasteiger partial charge on any atom is 0.284 e. The molecule has 0 aliphatic carbocycles. The minimum absolute atomic E-state index is 0.0306. The quantitative estimate of drug-likeness (QED) is 0.592. The number of halogens is 1. The van der Waals surface area contributed by atoms with Gasteiger partial charge in [-0.15, -0.1) is 11.3 Å². The van der Waals surface area contributed by atoms with E-state index in [1.165, 1.54) is 23.5 Å². The summed E-state index contributed by atoms with van der Waals surface area (Å²) in [6.45, 7) is 10.1. The number of nitrogens with one attached hydrogen (secondary N) is 2. The summed E-state index contributed by atoms with van der Waals surface area (Å²) < 4.78 is 14.4. The SMILES string of the molecule is CCC(C)c1cc(-c2ccc(F)c(NC(=O)c3ncc(C(C)(C)C)s3)c2)n[nH]c1=O. The van der Waals surface area contributed by atoms with Gasteiger partial charge in [0, 0.05) is 22.2 Å². The predicted molar refractivity (Wildman–Crippen MR) is 118 cm³/mol. The van der Waals surface area contributed by atoms with Gasteiger partial charge in [0.1, 0.15) is 5.82 Å². The molecule has 1 atom stereocenters. The maximum atomic E-state index is 14.4. The Kier molecular flexibility index (Phi) is 6.17. The Morgan fingerprint density at radius 3 is 2.67 bits per heavy atom. The van der Waals surface area contributed by atoms with E-state index in [0.717, 1.165) is 11.3 Å². The van der Waals surface area contributed by atoms with Gasteiger partial charge in [-0.3, -0.25) is 9.59 Å². The molecule has 3 rings (SSSR count). The van der Waals surface area contributed by atoms with Crippen molar-refractivity contribution in [2.45, 2.75) is 52.4 Å². The van der Waals surface area contributed by atoms with E-state index in [-0.39, 0.29) is 27.6 Å². The second kappa shape index (κ2) is 8.47. The molecule has 0 aliphatic rings. The Morgan fingerprint density at radius 1 is 1.30 bits per heavy atom. The van der Waals surface area contributed by atoms with Crippen molar-refractivity contribution in [2.24, 2.45) is 0 Å². The van der Waals surface area contributed by atoms with Crippen molar-refractivity contribution in [1.82, 2.24) is 15.2 Å². The van der Waals surface area contributed by atoms with Gasteiger partial charge in [0.15, 0.2) is 5.01 Å². The van der Waals surface area contributed by atoms with E-state index in [0.29, 0.717) is 16.8 Å². The van der Waals surface area contributed by atoms with Crippen LogP contribution in [0.3, 0.4) is 0 Å². The molecule has 0 saturated heterocycles. The lowest BCUT2D eigenvalue weighted by Gasteiger charge is -2.14. The normalized spacial score (nSPS) is 12.6. The van der Waals surface area contributed by atoms with Gasteiger partial charge < -0.3 is 5.32 Å². The van der Waals surface area contributed by atoms with Crippen molar-refractivity contribution >= 4 is 22.9 Å². The van der Waals surface area contributed by atoms with Crippen LogP contribution in [0.1, 0.15) is 67.2 Å². The fraction of sp³-hybridized carbons (Fsp3) is 0.364. The number of carbonyl (C=O) groups excluding carboxylic acids is 1. The van der Waals surface area contributed by atoms with Gasteiger partial charge in [-0.2, -0.15) is 5.10 Å². The molecular formula is C22H25FN4O2S. The van der Waals surface area contributed by atoms with Gasteiger partial charge in [0.2, 0.25) is 0 Å². The Labute approximate surface area is 178 Å². The van der Waals surface area contributed by atoms with Crippen molar-refractivity contribution in [3.63, 3.8) is 0 Å². The molecule has 2 heterocycles. The van der Waals surface area contributed by atoms with Gasteiger partial charge >= 0.3 is 0 Å². The number of benzene rings is 1. The van der Waals surface area contributed by atoms with E-state index in [4.69, 9.17) is 0 Å². The molecule has 0 saturated carbocycles.